The summed E-state index contributed by atoms with van der Waals surface area (Å²) in [7, 11) is 5.90. The van der Waals surface area contributed by atoms with E-state index in [9.17, 15) is 9.59 Å². The van der Waals surface area contributed by atoms with E-state index in [4.69, 9.17) is 13.9 Å². The maximum atomic E-state index is 14.1. The number of methoxy groups -OCH3 is 1. The van der Waals surface area contributed by atoms with Crippen molar-refractivity contribution in [1.29, 1.82) is 0 Å². The SMILES string of the molecule is COc1c(O[C@H]2CC[C@H](N(C)C)CC2)c(C)c2c(c1-c1ccco1)CCN(Cc1c(C)cc(C)[nH]c1=O)C2=O. The zero-order valence-electron chi connectivity index (χ0n) is 23.8. The average Bonchev–Trinajstić information content (AvgIpc) is 3.43. The van der Waals surface area contributed by atoms with Gasteiger partial charge in [-0.15, -0.1) is 0 Å². The van der Waals surface area contributed by atoms with Crippen LogP contribution in [0.5, 0.6) is 11.5 Å². The number of nitrogens with zero attached hydrogens (tertiary/aromatic N) is 2. The Hall–Kier alpha value is -3.52. The molecule has 1 aliphatic heterocycles. The maximum absolute atomic E-state index is 14.1. The highest BCUT2D eigenvalue weighted by Gasteiger charge is 2.36. The molecule has 1 amide bonds. The summed E-state index contributed by atoms with van der Waals surface area (Å²) in [6.45, 7) is 6.47. The van der Waals surface area contributed by atoms with Crippen LogP contribution in [0.1, 0.15) is 64.0 Å². The Kier molecular flexibility index (Phi) is 7.58. The second-order valence-corrected chi connectivity index (χ2v) is 11.1. The highest BCUT2D eigenvalue weighted by molar-refractivity contribution is 6.02. The van der Waals surface area contributed by atoms with Gasteiger partial charge >= 0.3 is 0 Å². The standard InChI is InChI=1S/C31H39N3O5/c1-18-16-19(2)32-30(35)24(18)17-34-14-13-23-26(31(34)36)20(3)28(29(37-6)27(23)25-8-7-15-38-25)39-22-11-9-21(10-12-22)33(4)5/h7-8,15-16,21-22H,9-14,17H2,1-6H3,(H,32,35)/t21-,22-. The Bertz CT molecular complexity index is 1420. The fourth-order valence-electron chi connectivity index (χ4n) is 6.22. The van der Waals surface area contributed by atoms with Gasteiger partial charge in [-0.3, -0.25) is 9.59 Å². The van der Waals surface area contributed by atoms with E-state index in [1.807, 2.05) is 39.0 Å². The molecule has 1 fully saturated rings. The van der Waals surface area contributed by atoms with Crippen LogP contribution < -0.4 is 15.0 Å². The van der Waals surface area contributed by atoms with Crippen LogP contribution in [0.4, 0.5) is 0 Å². The number of furan rings is 1. The summed E-state index contributed by atoms with van der Waals surface area (Å²) in [4.78, 5) is 33.8. The van der Waals surface area contributed by atoms with Gasteiger partial charge in [-0.05, 0) is 96.3 Å². The lowest BCUT2D eigenvalue weighted by Crippen LogP contribution is -2.40. The minimum Gasteiger partial charge on any atom is -0.492 e. The van der Waals surface area contributed by atoms with Crippen molar-refractivity contribution in [3.8, 4) is 22.8 Å². The molecule has 1 aromatic carbocycles. The third-order valence-corrected chi connectivity index (χ3v) is 8.36. The lowest BCUT2D eigenvalue weighted by Gasteiger charge is -2.35. The molecule has 0 unspecified atom stereocenters. The van der Waals surface area contributed by atoms with Gasteiger partial charge in [-0.2, -0.15) is 0 Å². The van der Waals surface area contributed by atoms with E-state index in [1.54, 1.807) is 18.3 Å². The molecule has 3 aromatic rings. The van der Waals surface area contributed by atoms with Crippen molar-refractivity contribution in [2.45, 2.75) is 71.6 Å². The number of fused-ring (bicyclic) bond motifs is 1. The lowest BCUT2D eigenvalue weighted by atomic mass is 9.87. The van der Waals surface area contributed by atoms with Crippen LogP contribution in [0.15, 0.2) is 33.7 Å². The Morgan fingerprint density at radius 1 is 1.08 bits per heavy atom. The van der Waals surface area contributed by atoms with E-state index in [0.717, 1.165) is 53.6 Å². The van der Waals surface area contributed by atoms with Crippen LogP contribution in [0.2, 0.25) is 0 Å². The number of aromatic nitrogens is 1. The molecule has 0 spiro atoms. The highest BCUT2D eigenvalue weighted by atomic mass is 16.5. The number of rotatable bonds is 7. The molecule has 1 aliphatic carbocycles. The van der Waals surface area contributed by atoms with Crippen molar-refractivity contribution in [2.24, 2.45) is 0 Å². The molecule has 8 nitrogen and oxygen atoms in total. The molecule has 1 saturated carbocycles. The van der Waals surface area contributed by atoms with Crippen molar-refractivity contribution >= 4 is 5.91 Å². The second kappa shape index (κ2) is 10.9. The number of hydrogen-bond acceptors (Lipinski definition) is 6. The number of amides is 1. The summed E-state index contributed by atoms with van der Waals surface area (Å²) in [6, 6.07) is 6.24. The number of hydrogen-bond donors (Lipinski definition) is 1. The van der Waals surface area contributed by atoms with E-state index in [1.165, 1.54) is 0 Å². The van der Waals surface area contributed by atoms with E-state index in [-0.39, 0.29) is 24.1 Å². The van der Waals surface area contributed by atoms with Gasteiger partial charge in [0.05, 0.1) is 37.1 Å². The number of nitrogens with one attached hydrogen (secondary N) is 1. The van der Waals surface area contributed by atoms with Crippen molar-refractivity contribution < 1.29 is 18.7 Å². The first-order valence-electron chi connectivity index (χ1n) is 13.8. The van der Waals surface area contributed by atoms with Crippen LogP contribution in [0, 0.1) is 20.8 Å². The molecule has 3 heterocycles. The Labute approximate surface area is 229 Å². The summed E-state index contributed by atoms with van der Waals surface area (Å²) >= 11 is 0. The number of pyridine rings is 1. The van der Waals surface area contributed by atoms with Crippen molar-refractivity contribution in [1.82, 2.24) is 14.8 Å². The number of H-pyrrole nitrogens is 1. The Balaban J connectivity index is 1.56. The molecular weight excluding hydrogens is 494 g/mol. The average molecular weight is 534 g/mol. The molecule has 8 heteroatoms. The number of aromatic amines is 1. The molecule has 0 bridgehead atoms. The van der Waals surface area contributed by atoms with Crippen LogP contribution in [-0.4, -0.2) is 60.6 Å². The minimum atomic E-state index is -0.147. The van der Waals surface area contributed by atoms with Gasteiger partial charge in [0.2, 0.25) is 0 Å². The van der Waals surface area contributed by atoms with Crippen LogP contribution in [0.3, 0.4) is 0 Å². The first-order valence-corrected chi connectivity index (χ1v) is 13.8. The zero-order chi connectivity index (χ0) is 27.8. The fourth-order valence-corrected chi connectivity index (χ4v) is 6.22. The number of aryl methyl sites for hydroxylation is 2. The summed E-state index contributed by atoms with van der Waals surface area (Å²) in [5.41, 5.74) is 5.23. The summed E-state index contributed by atoms with van der Waals surface area (Å²) in [5, 5.41) is 0. The first kappa shape index (κ1) is 27.1. The number of carbonyl (C=O) groups excluding carboxylic acids is 1. The van der Waals surface area contributed by atoms with Gasteiger partial charge in [-0.1, -0.05) is 0 Å². The minimum absolute atomic E-state index is 0.0415. The molecule has 5 rings (SSSR count). The van der Waals surface area contributed by atoms with Crippen molar-refractivity contribution in [2.75, 3.05) is 27.7 Å². The second-order valence-electron chi connectivity index (χ2n) is 11.1. The van der Waals surface area contributed by atoms with Gasteiger partial charge in [0.1, 0.15) is 5.76 Å². The zero-order valence-corrected chi connectivity index (χ0v) is 23.8. The molecule has 39 heavy (non-hydrogen) atoms. The number of carbonyl (C=O) groups is 1. The predicted octanol–water partition coefficient (Wildman–Crippen LogP) is 5.02. The van der Waals surface area contributed by atoms with Crippen molar-refractivity contribution in [3.05, 3.63) is 68.3 Å². The lowest BCUT2D eigenvalue weighted by molar-refractivity contribution is 0.0722. The number of ether oxygens (including phenoxy) is 2. The smallest absolute Gasteiger partial charge is 0.254 e. The Morgan fingerprint density at radius 3 is 2.44 bits per heavy atom. The van der Waals surface area contributed by atoms with Crippen LogP contribution in [-0.2, 0) is 13.0 Å². The molecule has 0 saturated heterocycles. The van der Waals surface area contributed by atoms with E-state index >= 15 is 0 Å². The van der Waals surface area contributed by atoms with Gasteiger partial charge in [0.15, 0.2) is 11.5 Å². The normalized spacial score (nSPS) is 19.4. The first-order chi connectivity index (χ1) is 18.7. The molecular formula is C31H39N3O5. The third kappa shape index (κ3) is 5.10. The largest absolute Gasteiger partial charge is 0.492 e. The molecule has 1 N–H and O–H groups in total. The molecule has 0 atom stereocenters. The molecule has 0 radical (unpaired) electrons. The summed E-state index contributed by atoms with van der Waals surface area (Å²) < 4.78 is 18.5. The van der Waals surface area contributed by atoms with E-state index in [0.29, 0.717) is 47.4 Å². The predicted molar refractivity (Wildman–Crippen MR) is 151 cm³/mol. The van der Waals surface area contributed by atoms with Crippen LogP contribution in [0.25, 0.3) is 11.3 Å². The quantitative estimate of drug-likeness (QED) is 0.459. The molecule has 2 aromatic heterocycles. The van der Waals surface area contributed by atoms with Gasteiger partial charge < -0.3 is 28.7 Å². The Morgan fingerprint density at radius 2 is 1.82 bits per heavy atom. The monoisotopic (exact) mass is 533 g/mol. The van der Waals surface area contributed by atoms with Crippen molar-refractivity contribution in [3.63, 3.8) is 0 Å². The fraction of sp³-hybridized carbons (Fsp3) is 0.484. The summed E-state index contributed by atoms with van der Waals surface area (Å²) in [5.74, 6) is 1.76. The van der Waals surface area contributed by atoms with Gasteiger partial charge in [-0.25, -0.2) is 0 Å². The van der Waals surface area contributed by atoms with E-state index < -0.39 is 0 Å². The highest BCUT2D eigenvalue weighted by Crippen LogP contribution is 2.48. The van der Waals surface area contributed by atoms with Gasteiger partial charge in [0, 0.05) is 29.4 Å². The number of benzene rings is 1. The van der Waals surface area contributed by atoms with Crippen LogP contribution >= 0.6 is 0 Å². The topological polar surface area (TPSA) is 88.0 Å². The molecule has 208 valence electrons. The molecule has 2 aliphatic rings. The van der Waals surface area contributed by atoms with Gasteiger partial charge in [0.25, 0.3) is 11.5 Å². The van der Waals surface area contributed by atoms with E-state index in [2.05, 4.69) is 24.0 Å². The summed E-state index contributed by atoms with van der Waals surface area (Å²) in [6.07, 6.45) is 6.29. The maximum Gasteiger partial charge on any atom is 0.254 e. The third-order valence-electron chi connectivity index (χ3n) is 8.36.